The van der Waals surface area contributed by atoms with E-state index in [9.17, 15) is 18.0 Å². The van der Waals surface area contributed by atoms with Crippen LogP contribution in [-0.4, -0.2) is 33.0 Å². The molecule has 0 fully saturated rings. The van der Waals surface area contributed by atoms with Crippen LogP contribution in [0.15, 0.2) is 59.5 Å². The normalized spacial score (nSPS) is 12.1. The second kappa shape index (κ2) is 9.86. The standard InChI is InChI=1S/C19H22N2O6S/c1-14(19(23)21-15-7-5-10-17(13-15)28(20,24)25)27-18(22)11-6-12-26-16-8-3-2-4-9-16/h2-5,7-10,13-14H,6,11-12H2,1H3,(H,21,23)(H2,20,24,25)/t14-/m1/s1. The van der Waals surface area contributed by atoms with Gasteiger partial charge in [0, 0.05) is 12.1 Å². The summed E-state index contributed by atoms with van der Waals surface area (Å²) in [5, 5.41) is 7.54. The molecule has 9 heteroatoms. The van der Waals surface area contributed by atoms with Crippen LogP contribution in [-0.2, 0) is 24.3 Å². The minimum absolute atomic E-state index is 0.103. The molecule has 1 amide bonds. The summed E-state index contributed by atoms with van der Waals surface area (Å²) in [5.74, 6) is -0.400. The topological polar surface area (TPSA) is 125 Å². The third-order valence-corrected chi connectivity index (χ3v) is 4.56. The van der Waals surface area contributed by atoms with Crippen molar-refractivity contribution in [3.63, 3.8) is 0 Å². The fraction of sp³-hybridized carbons (Fsp3) is 0.263. The van der Waals surface area contributed by atoms with Gasteiger partial charge in [0.2, 0.25) is 10.0 Å². The highest BCUT2D eigenvalue weighted by molar-refractivity contribution is 7.89. The van der Waals surface area contributed by atoms with E-state index in [0.29, 0.717) is 18.8 Å². The first kappa shape index (κ1) is 21.4. The number of carbonyl (C=O) groups is 2. The molecule has 2 rings (SSSR count). The van der Waals surface area contributed by atoms with Crippen LogP contribution >= 0.6 is 0 Å². The molecular weight excluding hydrogens is 384 g/mol. The van der Waals surface area contributed by atoms with Crippen LogP contribution in [0.3, 0.4) is 0 Å². The summed E-state index contributed by atoms with van der Waals surface area (Å²) in [6.45, 7) is 1.78. The molecule has 0 saturated carbocycles. The Morgan fingerprint density at radius 2 is 1.82 bits per heavy atom. The van der Waals surface area contributed by atoms with Crippen molar-refractivity contribution in [3.8, 4) is 5.75 Å². The molecule has 28 heavy (non-hydrogen) atoms. The van der Waals surface area contributed by atoms with Crippen molar-refractivity contribution in [1.82, 2.24) is 0 Å². The van der Waals surface area contributed by atoms with Crippen LogP contribution in [0.1, 0.15) is 19.8 Å². The van der Waals surface area contributed by atoms with E-state index in [0.717, 1.165) is 0 Å². The van der Waals surface area contributed by atoms with Gasteiger partial charge in [-0.25, -0.2) is 13.6 Å². The van der Waals surface area contributed by atoms with E-state index in [1.807, 2.05) is 30.3 Å². The van der Waals surface area contributed by atoms with Crippen LogP contribution in [0.5, 0.6) is 5.75 Å². The minimum atomic E-state index is -3.88. The largest absolute Gasteiger partial charge is 0.494 e. The summed E-state index contributed by atoms with van der Waals surface area (Å²) >= 11 is 0. The Hall–Kier alpha value is -2.91. The molecule has 2 aromatic rings. The van der Waals surface area contributed by atoms with Gasteiger partial charge >= 0.3 is 5.97 Å². The third kappa shape index (κ3) is 7.01. The molecule has 2 aromatic carbocycles. The average molecular weight is 406 g/mol. The number of benzene rings is 2. The second-order valence-corrected chi connectivity index (χ2v) is 7.52. The Morgan fingerprint density at radius 3 is 2.50 bits per heavy atom. The van der Waals surface area contributed by atoms with Crippen molar-refractivity contribution >= 4 is 27.6 Å². The van der Waals surface area contributed by atoms with E-state index in [-0.39, 0.29) is 17.0 Å². The molecule has 3 N–H and O–H groups in total. The number of esters is 1. The predicted octanol–water partition coefficient (Wildman–Crippen LogP) is 2.06. The summed E-state index contributed by atoms with van der Waals surface area (Å²) < 4.78 is 33.3. The molecule has 0 radical (unpaired) electrons. The van der Waals surface area contributed by atoms with E-state index in [2.05, 4.69) is 5.32 Å². The van der Waals surface area contributed by atoms with E-state index >= 15 is 0 Å². The average Bonchev–Trinajstić information content (AvgIpc) is 2.65. The van der Waals surface area contributed by atoms with Crippen molar-refractivity contribution < 1.29 is 27.5 Å². The van der Waals surface area contributed by atoms with Gasteiger partial charge in [-0.3, -0.25) is 9.59 Å². The van der Waals surface area contributed by atoms with Crippen molar-refractivity contribution in [2.75, 3.05) is 11.9 Å². The van der Waals surface area contributed by atoms with Crippen molar-refractivity contribution in [2.24, 2.45) is 5.14 Å². The Bertz CT molecular complexity index is 915. The van der Waals surface area contributed by atoms with E-state index < -0.39 is 28.0 Å². The predicted molar refractivity (Wildman–Crippen MR) is 103 cm³/mol. The number of ether oxygens (including phenoxy) is 2. The van der Waals surface area contributed by atoms with Crippen molar-refractivity contribution in [1.29, 1.82) is 0 Å². The van der Waals surface area contributed by atoms with Gasteiger partial charge in [-0.15, -0.1) is 0 Å². The molecule has 0 aliphatic rings. The Balaban J connectivity index is 1.76. The zero-order valence-corrected chi connectivity index (χ0v) is 16.1. The van der Waals surface area contributed by atoms with Crippen LogP contribution in [0.25, 0.3) is 0 Å². The molecule has 0 aliphatic heterocycles. The molecule has 8 nitrogen and oxygen atoms in total. The lowest BCUT2D eigenvalue weighted by Crippen LogP contribution is -2.30. The molecule has 0 aliphatic carbocycles. The maximum atomic E-state index is 12.1. The zero-order valence-electron chi connectivity index (χ0n) is 15.3. The molecule has 0 heterocycles. The van der Waals surface area contributed by atoms with Gasteiger partial charge in [0.25, 0.3) is 5.91 Å². The van der Waals surface area contributed by atoms with Gasteiger partial charge in [0.1, 0.15) is 5.75 Å². The summed E-state index contributed by atoms with van der Waals surface area (Å²) in [5.41, 5.74) is 0.232. The first-order chi connectivity index (χ1) is 13.3. The molecule has 0 saturated heterocycles. The molecular formula is C19H22N2O6S. The maximum absolute atomic E-state index is 12.1. The molecule has 0 spiro atoms. The number of carbonyl (C=O) groups excluding carboxylic acids is 2. The number of nitrogens with two attached hydrogens (primary N) is 1. The summed E-state index contributed by atoms with van der Waals surface area (Å²) in [7, 11) is -3.88. The van der Waals surface area contributed by atoms with Gasteiger partial charge in [0.05, 0.1) is 11.5 Å². The van der Waals surface area contributed by atoms with E-state index in [1.54, 1.807) is 0 Å². The van der Waals surface area contributed by atoms with Crippen LogP contribution in [0.2, 0.25) is 0 Å². The number of nitrogens with one attached hydrogen (secondary N) is 1. The lowest BCUT2D eigenvalue weighted by molar-refractivity contribution is -0.153. The van der Waals surface area contributed by atoms with Gasteiger partial charge in [0.15, 0.2) is 6.10 Å². The number of primary sulfonamides is 1. The van der Waals surface area contributed by atoms with E-state index in [1.165, 1.54) is 31.2 Å². The lowest BCUT2D eigenvalue weighted by atomic mass is 10.3. The fourth-order valence-electron chi connectivity index (χ4n) is 2.23. The Kier molecular flexibility index (Phi) is 7.53. The van der Waals surface area contributed by atoms with Gasteiger partial charge in [-0.2, -0.15) is 0 Å². The Morgan fingerprint density at radius 1 is 1.11 bits per heavy atom. The number of rotatable bonds is 9. The van der Waals surface area contributed by atoms with Crippen LogP contribution < -0.4 is 15.2 Å². The second-order valence-electron chi connectivity index (χ2n) is 5.96. The quantitative estimate of drug-likeness (QED) is 0.485. The lowest BCUT2D eigenvalue weighted by Gasteiger charge is -2.14. The number of anilines is 1. The summed E-state index contributed by atoms with van der Waals surface area (Å²) in [6, 6.07) is 14.7. The zero-order chi connectivity index (χ0) is 20.6. The van der Waals surface area contributed by atoms with Crippen LogP contribution in [0.4, 0.5) is 5.69 Å². The van der Waals surface area contributed by atoms with E-state index in [4.69, 9.17) is 14.6 Å². The smallest absolute Gasteiger partial charge is 0.306 e. The fourth-order valence-corrected chi connectivity index (χ4v) is 2.79. The molecule has 0 aromatic heterocycles. The number of hydrogen-bond acceptors (Lipinski definition) is 6. The van der Waals surface area contributed by atoms with Gasteiger partial charge in [-0.05, 0) is 43.7 Å². The highest BCUT2D eigenvalue weighted by Crippen LogP contribution is 2.15. The SMILES string of the molecule is C[C@@H](OC(=O)CCCOc1ccccc1)C(=O)Nc1cccc(S(N)(=O)=O)c1. The molecule has 0 unspecified atom stereocenters. The Labute approximate surface area is 163 Å². The summed E-state index contributed by atoms with van der Waals surface area (Å²) in [4.78, 5) is 23.9. The minimum Gasteiger partial charge on any atom is -0.494 e. The summed E-state index contributed by atoms with van der Waals surface area (Å²) in [6.07, 6.45) is -0.496. The van der Waals surface area contributed by atoms with Gasteiger partial charge in [-0.1, -0.05) is 24.3 Å². The highest BCUT2D eigenvalue weighted by Gasteiger charge is 2.18. The first-order valence-corrected chi connectivity index (χ1v) is 10.1. The molecule has 0 bridgehead atoms. The van der Waals surface area contributed by atoms with Crippen molar-refractivity contribution in [2.45, 2.75) is 30.8 Å². The van der Waals surface area contributed by atoms with Crippen molar-refractivity contribution in [3.05, 3.63) is 54.6 Å². The number of hydrogen-bond donors (Lipinski definition) is 2. The maximum Gasteiger partial charge on any atom is 0.306 e. The van der Waals surface area contributed by atoms with Crippen LogP contribution in [0, 0.1) is 0 Å². The highest BCUT2D eigenvalue weighted by atomic mass is 32.2. The number of amides is 1. The number of sulfonamides is 1. The monoisotopic (exact) mass is 406 g/mol. The first-order valence-electron chi connectivity index (χ1n) is 8.57. The number of para-hydroxylation sites is 1. The molecule has 1 atom stereocenters. The third-order valence-electron chi connectivity index (χ3n) is 3.64. The van der Waals surface area contributed by atoms with Gasteiger partial charge < -0.3 is 14.8 Å². The molecule has 150 valence electrons.